The second-order valence-electron chi connectivity index (χ2n) is 19.1. The Labute approximate surface area is 389 Å². The number of carbonyl (C=O) groups is 1. The van der Waals surface area contributed by atoms with Gasteiger partial charge in [0.25, 0.3) is 0 Å². The van der Waals surface area contributed by atoms with Crippen molar-refractivity contribution in [1.82, 2.24) is 9.47 Å². The summed E-state index contributed by atoms with van der Waals surface area (Å²) in [5.41, 5.74) is 7.40. The van der Waals surface area contributed by atoms with E-state index in [2.05, 4.69) is 56.5 Å². The number of hydrogen-bond acceptors (Lipinski definition) is 9. The molecule has 6 aromatic rings. The van der Waals surface area contributed by atoms with Crippen LogP contribution in [0.1, 0.15) is 63.7 Å². The van der Waals surface area contributed by atoms with E-state index in [-0.39, 0.29) is 39.4 Å². The number of likely N-dealkylation sites (tertiary alicyclic amines) is 1. The van der Waals surface area contributed by atoms with Gasteiger partial charge < -0.3 is 44.8 Å². The Morgan fingerprint density at radius 3 is 2.48 bits per heavy atom. The summed E-state index contributed by atoms with van der Waals surface area (Å²) in [6, 6.07) is 34.1. The third kappa shape index (κ3) is 5.94. The smallest absolute Gasteiger partial charge is 0.336 e. The summed E-state index contributed by atoms with van der Waals surface area (Å²) >= 11 is 5.74. The Balaban J connectivity index is 0.793. The summed E-state index contributed by atoms with van der Waals surface area (Å²) < 4.78 is 15.3. The lowest BCUT2D eigenvalue weighted by molar-refractivity contribution is -0.173. The summed E-state index contributed by atoms with van der Waals surface area (Å²) in [5, 5.41) is 53.7. The Morgan fingerprint density at radius 2 is 1.66 bits per heavy atom. The minimum Gasteiger partial charge on any atom is -0.508 e. The highest BCUT2D eigenvalue weighted by molar-refractivity contribution is 7.80. The number of aromatic carboxylic acids is 1. The number of aromatic nitrogens is 1. The third-order valence-corrected chi connectivity index (χ3v) is 15.5. The average Bonchev–Trinajstić information content (AvgIpc) is 3.99. The number of ether oxygens (including phenoxy) is 1. The van der Waals surface area contributed by atoms with Crippen LogP contribution in [0.3, 0.4) is 0 Å². The molecule has 3 aliphatic heterocycles. The molecular formula is C54H44N4O8S. The van der Waals surface area contributed by atoms with Gasteiger partial charge in [-0.25, -0.2) is 4.79 Å². The molecule has 7 aliphatic rings. The highest BCUT2D eigenvalue weighted by Gasteiger charge is 2.73. The van der Waals surface area contributed by atoms with E-state index in [0.29, 0.717) is 58.0 Å². The second-order valence-corrected chi connectivity index (χ2v) is 19.5. The summed E-state index contributed by atoms with van der Waals surface area (Å²) in [6.45, 7) is 2.43. The van der Waals surface area contributed by atoms with Crippen LogP contribution in [0.2, 0.25) is 0 Å². The van der Waals surface area contributed by atoms with E-state index in [4.69, 9.17) is 21.4 Å². The number of rotatable bonds is 8. The largest absolute Gasteiger partial charge is 0.508 e. The average molecular weight is 909 g/mol. The van der Waals surface area contributed by atoms with Crippen molar-refractivity contribution in [2.75, 3.05) is 23.7 Å². The summed E-state index contributed by atoms with van der Waals surface area (Å²) in [6.07, 6.45) is 4.00. The predicted molar refractivity (Wildman–Crippen MR) is 259 cm³/mol. The van der Waals surface area contributed by atoms with Crippen LogP contribution in [0.5, 0.6) is 17.2 Å². The number of para-hydroxylation sites is 1. The first-order valence-corrected chi connectivity index (χ1v) is 23.2. The lowest BCUT2D eigenvalue weighted by Crippen LogP contribution is -2.74. The van der Waals surface area contributed by atoms with Crippen LogP contribution in [-0.4, -0.2) is 65.7 Å². The molecule has 1 aromatic heterocycles. The number of aliphatic hydroxyl groups is 1. The number of thiocarbonyl (C=S) groups is 1. The summed E-state index contributed by atoms with van der Waals surface area (Å²) in [5.74, 6) is 0.414. The number of phenols is 2. The van der Waals surface area contributed by atoms with Crippen LogP contribution in [-0.2, 0) is 24.8 Å². The third-order valence-electron chi connectivity index (χ3n) is 15.3. The molecule has 1 spiro atoms. The van der Waals surface area contributed by atoms with Crippen molar-refractivity contribution in [2.24, 2.45) is 5.92 Å². The van der Waals surface area contributed by atoms with Crippen molar-refractivity contribution in [3.8, 4) is 39.7 Å². The number of carboxylic acids is 1. The molecule has 5 aromatic carbocycles. The molecule has 13 rings (SSSR count). The standard InChI is InChI=1S/C54H44N4O8S/c59-33-13-16-37-43(23-33)65-44-24-34(60)14-17-38(44)46(37)36-15-12-32(22-39(36)51(62)63)56-52(67)55-31-10-7-29(8-11-31)27-58-41-4-2-1-3-35(41)40-25-54(64)45-21-30-9-18-42(61)49-47(30)53(54,50(66-49)48(40)58)19-20-57(45)26-28-5-6-28/h1-4,7-18,22-24,28,45,50,59,61,64H,5-6,19-21,25-27H2,(H,62,63)(H2,55,56,67)/t45-,50+,53+,54-/m1/s1. The fraction of sp³-hybridized carbons (Fsp3) is 0.241. The number of carboxylic acid groups (broad SMARTS) is 1. The second kappa shape index (κ2) is 14.4. The van der Waals surface area contributed by atoms with Gasteiger partial charge in [-0.3, -0.25) is 9.69 Å². The van der Waals surface area contributed by atoms with E-state index in [1.165, 1.54) is 48.7 Å². The maximum absolute atomic E-state index is 13.4. The number of aromatic hydroxyl groups is 2. The Morgan fingerprint density at radius 1 is 0.866 bits per heavy atom. The molecule has 2 bridgehead atoms. The fourth-order valence-electron chi connectivity index (χ4n) is 12.3. The number of nitrogens with one attached hydrogen (secondary N) is 2. The van der Waals surface area contributed by atoms with Gasteiger partial charge in [-0.05, 0) is 133 Å². The minimum absolute atomic E-state index is 0.000644. The van der Waals surface area contributed by atoms with E-state index in [1.54, 1.807) is 30.3 Å². The quantitative estimate of drug-likeness (QED) is 0.0633. The molecule has 4 heterocycles. The topological polar surface area (TPSA) is 170 Å². The van der Waals surface area contributed by atoms with E-state index >= 15 is 0 Å². The number of piperidine rings is 1. The van der Waals surface area contributed by atoms with Crippen LogP contribution < -0.4 is 20.8 Å². The van der Waals surface area contributed by atoms with E-state index in [9.17, 15) is 30.0 Å². The lowest BCUT2D eigenvalue weighted by atomic mass is 9.49. The number of nitrogens with zero attached hydrogens (tertiary/aromatic N) is 2. The van der Waals surface area contributed by atoms with Gasteiger partial charge in [-0.15, -0.1) is 0 Å². The van der Waals surface area contributed by atoms with Crippen molar-refractivity contribution in [2.45, 2.75) is 61.8 Å². The van der Waals surface area contributed by atoms with Gasteiger partial charge in [-0.2, -0.15) is 0 Å². The van der Waals surface area contributed by atoms with Gasteiger partial charge in [0.15, 0.2) is 28.1 Å². The van der Waals surface area contributed by atoms with Crippen LogP contribution in [0.25, 0.3) is 44.3 Å². The van der Waals surface area contributed by atoms with Crippen molar-refractivity contribution in [3.63, 3.8) is 0 Å². The number of hydrogen-bond donors (Lipinski definition) is 6. The van der Waals surface area contributed by atoms with Gasteiger partial charge in [0.2, 0.25) is 0 Å². The van der Waals surface area contributed by atoms with Crippen molar-refractivity contribution in [3.05, 3.63) is 159 Å². The van der Waals surface area contributed by atoms with Gasteiger partial charge >= 0.3 is 5.97 Å². The molecule has 0 unspecified atom stereocenters. The van der Waals surface area contributed by atoms with Crippen molar-refractivity contribution in [1.29, 1.82) is 0 Å². The molecule has 13 heteroatoms. The molecule has 1 saturated carbocycles. The molecule has 0 amide bonds. The fourth-order valence-corrected chi connectivity index (χ4v) is 12.5. The van der Waals surface area contributed by atoms with Gasteiger partial charge in [0.1, 0.15) is 17.1 Å². The molecule has 4 atom stereocenters. The van der Waals surface area contributed by atoms with E-state index < -0.39 is 23.1 Å². The monoisotopic (exact) mass is 908 g/mol. The Bertz CT molecular complexity index is 3470. The minimum atomic E-state index is -1.16. The molecule has 1 saturated heterocycles. The summed E-state index contributed by atoms with van der Waals surface area (Å²) in [7, 11) is 0. The maximum Gasteiger partial charge on any atom is 0.336 e. The molecule has 12 nitrogen and oxygen atoms in total. The molecule has 6 N–H and O–H groups in total. The molecule has 0 radical (unpaired) electrons. The zero-order valence-electron chi connectivity index (χ0n) is 36.1. The number of fused-ring (bicyclic) bond motifs is 6. The molecule has 334 valence electrons. The van der Waals surface area contributed by atoms with Crippen molar-refractivity contribution >= 4 is 56.5 Å². The van der Waals surface area contributed by atoms with Crippen molar-refractivity contribution < 1.29 is 34.4 Å². The van der Waals surface area contributed by atoms with Crippen LogP contribution in [0, 0.1) is 5.92 Å². The summed E-state index contributed by atoms with van der Waals surface area (Å²) in [4.78, 5) is 27.7. The zero-order chi connectivity index (χ0) is 45.5. The van der Waals surface area contributed by atoms with E-state index in [0.717, 1.165) is 64.9 Å². The van der Waals surface area contributed by atoms with Crippen LogP contribution in [0.4, 0.5) is 11.4 Å². The first kappa shape index (κ1) is 40.1. The normalized spacial score (nSPS) is 22.3. The highest BCUT2D eigenvalue weighted by atomic mass is 32.1. The van der Waals surface area contributed by atoms with Crippen LogP contribution >= 0.6 is 12.2 Å². The molecule has 4 aliphatic carbocycles. The number of phenolic OH excluding ortho intramolecular Hbond substituents is 2. The molecule has 67 heavy (non-hydrogen) atoms. The van der Waals surface area contributed by atoms with Crippen LogP contribution in [0.15, 0.2) is 124 Å². The number of anilines is 2. The van der Waals surface area contributed by atoms with Gasteiger partial charge in [0, 0.05) is 82.0 Å². The van der Waals surface area contributed by atoms with Gasteiger partial charge in [0.05, 0.1) is 22.3 Å². The first-order chi connectivity index (χ1) is 32.5. The first-order valence-electron chi connectivity index (χ1n) is 22.8. The maximum atomic E-state index is 13.4. The molecular weight excluding hydrogens is 865 g/mol. The highest BCUT2D eigenvalue weighted by Crippen LogP contribution is 2.69. The molecule has 2 fully saturated rings. The van der Waals surface area contributed by atoms with Gasteiger partial charge in [-0.1, -0.05) is 42.5 Å². The Kier molecular flexibility index (Phi) is 8.62. The predicted octanol–water partition coefficient (Wildman–Crippen LogP) is 9.19. The zero-order valence-corrected chi connectivity index (χ0v) is 36.9. The van der Waals surface area contributed by atoms with E-state index in [1.807, 2.05) is 18.2 Å². The number of benzene rings is 6. The lowest BCUT2D eigenvalue weighted by Gasteiger charge is -2.63. The Hall–Kier alpha value is -7.19. The SMILES string of the molecule is O=C(O)c1cc(NC(=S)Nc2ccc(Cn3c4c(c5ccccc53)C[C@@]3(O)[C@H]5Cc6ccc(O)c7c6[C@@]3(CCN5CC3CC3)[C@H]4O7)cc2)ccc1-c1c2ccc(=O)cc-2oc2cc(O)ccc12.